The van der Waals surface area contributed by atoms with Gasteiger partial charge in [-0.15, -0.1) is 12.4 Å². The van der Waals surface area contributed by atoms with E-state index in [4.69, 9.17) is 10.5 Å². The number of hydrogen-bond acceptors (Lipinski definition) is 5. The molecule has 8 nitrogen and oxygen atoms in total. The highest BCUT2D eigenvalue weighted by Gasteiger charge is 2.38. The van der Waals surface area contributed by atoms with Crippen molar-refractivity contribution in [3.63, 3.8) is 0 Å². The van der Waals surface area contributed by atoms with Crippen molar-refractivity contribution in [3.8, 4) is 0 Å². The molecule has 28 heavy (non-hydrogen) atoms. The summed E-state index contributed by atoms with van der Waals surface area (Å²) in [5.41, 5.74) is 6.50. The van der Waals surface area contributed by atoms with Crippen LogP contribution in [-0.2, 0) is 14.3 Å². The number of nitrogens with two attached hydrogens (primary N) is 1. The number of amides is 2. The zero-order chi connectivity index (χ0) is 19.3. The Labute approximate surface area is 170 Å². The molecule has 0 saturated carbocycles. The second kappa shape index (κ2) is 9.68. The fourth-order valence-corrected chi connectivity index (χ4v) is 3.10. The van der Waals surface area contributed by atoms with Crippen molar-refractivity contribution in [1.82, 2.24) is 9.78 Å². The SMILES string of the molecule is CC(C(=O)Nc1cccc(NC(=O)C2(CN)CCOCC2)c1)n1cccn1.Cl. The first-order valence-electron chi connectivity index (χ1n) is 9.03. The Morgan fingerprint density at radius 3 is 2.54 bits per heavy atom. The van der Waals surface area contributed by atoms with Crippen molar-refractivity contribution in [3.05, 3.63) is 42.7 Å². The quantitative estimate of drug-likeness (QED) is 0.679. The number of benzene rings is 1. The molecule has 0 aliphatic carbocycles. The van der Waals surface area contributed by atoms with Crippen molar-refractivity contribution in [2.45, 2.75) is 25.8 Å². The van der Waals surface area contributed by atoms with Gasteiger partial charge in [-0.25, -0.2) is 0 Å². The van der Waals surface area contributed by atoms with Gasteiger partial charge in [-0.05, 0) is 44.0 Å². The van der Waals surface area contributed by atoms with Crippen LogP contribution in [0.25, 0.3) is 0 Å². The Bertz CT molecular complexity index is 791. The van der Waals surface area contributed by atoms with E-state index in [0.717, 1.165) is 0 Å². The molecule has 1 aromatic heterocycles. The third kappa shape index (κ3) is 4.89. The Morgan fingerprint density at radius 2 is 1.93 bits per heavy atom. The molecule has 2 amide bonds. The summed E-state index contributed by atoms with van der Waals surface area (Å²) in [4.78, 5) is 25.2. The molecule has 1 unspecified atom stereocenters. The van der Waals surface area contributed by atoms with E-state index < -0.39 is 11.5 Å². The van der Waals surface area contributed by atoms with Crippen LogP contribution in [0.1, 0.15) is 25.8 Å². The van der Waals surface area contributed by atoms with Crippen LogP contribution >= 0.6 is 12.4 Å². The standard InChI is InChI=1S/C19H25N5O3.ClH/c1-14(24-9-3-8-21-24)17(25)22-15-4-2-5-16(12-15)23-18(26)19(13-20)6-10-27-11-7-19;/h2-5,8-9,12,14H,6-7,10-11,13,20H2,1H3,(H,22,25)(H,23,26);1H. The maximum atomic E-state index is 12.8. The highest BCUT2D eigenvalue weighted by molar-refractivity contribution is 5.97. The Morgan fingerprint density at radius 1 is 1.25 bits per heavy atom. The van der Waals surface area contributed by atoms with Gasteiger partial charge in [-0.2, -0.15) is 5.10 Å². The molecule has 152 valence electrons. The van der Waals surface area contributed by atoms with Gasteiger partial charge in [0.05, 0.1) is 5.41 Å². The first kappa shape index (κ1) is 21.9. The Hall–Kier alpha value is -2.42. The molecule has 0 spiro atoms. The van der Waals surface area contributed by atoms with Crippen LogP contribution in [-0.4, -0.2) is 41.4 Å². The van der Waals surface area contributed by atoms with Gasteiger partial charge in [0, 0.05) is 43.5 Å². The fraction of sp³-hybridized carbons (Fsp3) is 0.421. The number of rotatable bonds is 6. The lowest BCUT2D eigenvalue weighted by molar-refractivity contribution is -0.130. The molecule has 2 aromatic rings. The zero-order valence-electron chi connectivity index (χ0n) is 15.8. The second-order valence-electron chi connectivity index (χ2n) is 6.78. The summed E-state index contributed by atoms with van der Waals surface area (Å²) in [5, 5.41) is 9.86. The molecular formula is C19H26ClN5O3. The lowest BCUT2D eigenvalue weighted by Gasteiger charge is -2.34. The largest absolute Gasteiger partial charge is 0.381 e. The molecule has 1 fully saturated rings. The molecule has 1 aromatic carbocycles. The number of hydrogen-bond donors (Lipinski definition) is 3. The molecule has 0 radical (unpaired) electrons. The van der Waals surface area contributed by atoms with Crippen LogP contribution in [0.15, 0.2) is 42.7 Å². The lowest BCUT2D eigenvalue weighted by Crippen LogP contribution is -2.46. The summed E-state index contributed by atoms with van der Waals surface area (Å²) in [6.07, 6.45) is 4.57. The van der Waals surface area contributed by atoms with Crippen LogP contribution in [0.3, 0.4) is 0 Å². The van der Waals surface area contributed by atoms with Gasteiger partial charge in [0.2, 0.25) is 11.8 Å². The molecule has 0 bridgehead atoms. The number of nitrogens with zero attached hydrogens (tertiary/aromatic N) is 2. The summed E-state index contributed by atoms with van der Waals surface area (Å²) < 4.78 is 6.93. The number of anilines is 2. The molecule has 1 saturated heterocycles. The van der Waals surface area contributed by atoms with Gasteiger partial charge < -0.3 is 21.1 Å². The molecule has 3 rings (SSSR count). The third-order valence-electron chi connectivity index (χ3n) is 5.01. The van der Waals surface area contributed by atoms with Crippen LogP contribution in [0.4, 0.5) is 11.4 Å². The molecule has 9 heteroatoms. The van der Waals surface area contributed by atoms with E-state index >= 15 is 0 Å². The normalized spacial score (nSPS) is 16.5. The van der Waals surface area contributed by atoms with Crippen LogP contribution in [0.2, 0.25) is 0 Å². The summed E-state index contributed by atoms with van der Waals surface area (Å²) >= 11 is 0. The van der Waals surface area contributed by atoms with E-state index in [-0.39, 0.29) is 30.8 Å². The molecule has 1 atom stereocenters. The third-order valence-corrected chi connectivity index (χ3v) is 5.01. The van der Waals surface area contributed by atoms with E-state index in [9.17, 15) is 9.59 Å². The van der Waals surface area contributed by atoms with Gasteiger partial charge in [-0.3, -0.25) is 14.3 Å². The predicted octanol–water partition coefficient (Wildman–Crippen LogP) is 2.20. The van der Waals surface area contributed by atoms with Crippen molar-refractivity contribution in [1.29, 1.82) is 0 Å². The van der Waals surface area contributed by atoms with Gasteiger partial charge in [0.15, 0.2) is 0 Å². The fourth-order valence-electron chi connectivity index (χ4n) is 3.10. The van der Waals surface area contributed by atoms with Gasteiger partial charge in [0.25, 0.3) is 0 Å². The van der Waals surface area contributed by atoms with E-state index in [1.807, 2.05) is 0 Å². The Balaban J connectivity index is 0.00000280. The first-order valence-corrected chi connectivity index (χ1v) is 9.03. The van der Waals surface area contributed by atoms with E-state index in [0.29, 0.717) is 37.4 Å². The van der Waals surface area contributed by atoms with E-state index in [1.165, 1.54) is 0 Å². The molecule has 2 heterocycles. The lowest BCUT2D eigenvalue weighted by atomic mass is 9.79. The summed E-state index contributed by atoms with van der Waals surface area (Å²) in [7, 11) is 0. The average molecular weight is 408 g/mol. The number of halogens is 1. The monoisotopic (exact) mass is 407 g/mol. The van der Waals surface area contributed by atoms with Gasteiger partial charge in [0.1, 0.15) is 6.04 Å². The highest BCUT2D eigenvalue weighted by Crippen LogP contribution is 2.31. The highest BCUT2D eigenvalue weighted by atomic mass is 35.5. The number of carbonyl (C=O) groups is 2. The predicted molar refractivity (Wildman–Crippen MR) is 109 cm³/mol. The van der Waals surface area contributed by atoms with E-state index in [2.05, 4.69) is 15.7 Å². The number of aromatic nitrogens is 2. The summed E-state index contributed by atoms with van der Waals surface area (Å²) in [6.45, 7) is 3.11. The van der Waals surface area contributed by atoms with Crippen LogP contribution in [0.5, 0.6) is 0 Å². The maximum absolute atomic E-state index is 12.8. The number of carbonyl (C=O) groups excluding carboxylic acids is 2. The smallest absolute Gasteiger partial charge is 0.248 e. The zero-order valence-corrected chi connectivity index (χ0v) is 16.6. The number of nitrogens with one attached hydrogen (secondary N) is 2. The summed E-state index contributed by atoms with van der Waals surface area (Å²) in [6, 6.07) is 8.40. The topological polar surface area (TPSA) is 111 Å². The van der Waals surface area contributed by atoms with E-state index in [1.54, 1.807) is 54.3 Å². The minimum atomic E-state index is -0.605. The van der Waals surface area contributed by atoms with Crippen molar-refractivity contribution in [2.24, 2.45) is 11.1 Å². The second-order valence-corrected chi connectivity index (χ2v) is 6.78. The van der Waals surface area contributed by atoms with Crippen molar-refractivity contribution < 1.29 is 14.3 Å². The molecule has 1 aliphatic rings. The van der Waals surface area contributed by atoms with Crippen molar-refractivity contribution >= 4 is 35.6 Å². The minimum absolute atomic E-state index is 0. The van der Waals surface area contributed by atoms with Gasteiger partial charge in [-0.1, -0.05) is 6.07 Å². The van der Waals surface area contributed by atoms with Crippen molar-refractivity contribution in [2.75, 3.05) is 30.4 Å². The number of ether oxygens (including phenoxy) is 1. The van der Waals surface area contributed by atoms with Crippen LogP contribution in [0, 0.1) is 5.41 Å². The molecular weight excluding hydrogens is 382 g/mol. The Kier molecular flexibility index (Phi) is 7.56. The average Bonchev–Trinajstić information content (AvgIpc) is 3.23. The van der Waals surface area contributed by atoms with Crippen LogP contribution < -0.4 is 16.4 Å². The molecule has 1 aliphatic heterocycles. The molecule has 4 N–H and O–H groups in total. The summed E-state index contributed by atoms with van der Waals surface area (Å²) in [5.74, 6) is -0.299. The minimum Gasteiger partial charge on any atom is -0.381 e. The maximum Gasteiger partial charge on any atom is 0.248 e. The first-order chi connectivity index (χ1) is 13.0. The van der Waals surface area contributed by atoms with Gasteiger partial charge >= 0.3 is 0 Å².